The van der Waals surface area contributed by atoms with Crippen molar-refractivity contribution < 1.29 is 9.47 Å². The maximum atomic E-state index is 7.48. The second kappa shape index (κ2) is 6.47. The average Bonchev–Trinajstić information content (AvgIpc) is 2.25. The summed E-state index contributed by atoms with van der Waals surface area (Å²) in [5.74, 6) is 0.409. The highest BCUT2D eigenvalue weighted by Crippen LogP contribution is 2.26. The first-order chi connectivity index (χ1) is 8.06. The van der Waals surface area contributed by atoms with E-state index in [0.29, 0.717) is 29.5 Å². The van der Waals surface area contributed by atoms with Gasteiger partial charge in [0.1, 0.15) is 17.7 Å². The number of amidine groups is 1. The number of ether oxygens (including phenoxy) is 2. The molecule has 1 aromatic rings. The molecule has 17 heavy (non-hydrogen) atoms. The fraction of sp³-hybridized carbons (Fsp3) is 0.417. The SMILES string of the molecule is CCOCC(C)Oc1cccc(Cl)c1C(=N)N. The number of rotatable bonds is 6. The number of nitrogen functional groups attached to an aromatic ring is 1. The molecule has 0 radical (unpaired) electrons. The number of benzene rings is 1. The Morgan fingerprint density at radius 2 is 2.24 bits per heavy atom. The summed E-state index contributed by atoms with van der Waals surface area (Å²) in [6, 6.07) is 5.18. The molecule has 0 aliphatic heterocycles. The molecule has 0 saturated carbocycles. The lowest BCUT2D eigenvalue weighted by Gasteiger charge is -2.17. The summed E-state index contributed by atoms with van der Waals surface area (Å²) in [6.45, 7) is 4.94. The molecule has 1 aromatic carbocycles. The van der Waals surface area contributed by atoms with Gasteiger partial charge in [-0.1, -0.05) is 17.7 Å². The fourth-order valence-electron chi connectivity index (χ4n) is 1.40. The van der Waals surface area contributed by atoms with Gasteiger partial charge in [0.15, 0.2) is 0 Å². The van der Waals surface area contributed by atoms with Gasteiger partial charge in [-0.25, -0.2) is 0 Å². The molecule has 94 valence electrons. The van der Waals surface area contributed by atoms with E-state index in [1.54, 1.807) is 18.2 Å². The molecule has 0 spiro atoms. The minimum Gasteiger partial charge on any atom is -0.487 e. The Hall–Kier alpha value is -1.26. The molecule has 4 nitrogen and oxygen atoms in total. The van der Waals surface area contributed by atoms with E-state index in [1.807, 2.05) is 13.8 Å². The third-order valence-electron chi connectivity index (χ3n) is 2.13. The topological polar surface area (TPSA) is 68.3 Å². The second-order valence-corrected chi connectivity index (χ2v) is 4.02. The molecular weight excluding hydrogens is 240 g/mol. The monoisotopic (exact) mass is 256 g/mol. The van der Waals surface area contributed by atoms with E-state index in [2.05, 4.69) is 0 Å². The van der Waals surface area contributed by atoms with Crippen molar-refractivity contribution in [3.05, 3.63) is 28.8 Å². The highest BCUT2D eigenvalue weighted by Gasteiger charge is 2.13. The van der Waals surface area contributed by atoms with Crippen LogP contribution >= 0.6 is 11.6 Å². The molecule has 0 aromatic heterocycles. The average molecular weight is 257 g/mol. The van der Waals surface area contributed by atoms with E-state index < -0.39 is 0 Å². The summed E-state index contributed by atoms with van der Waals surface area (Å²) in [6.07, 6.45) is -0.119. The van der Waals surface area contributed by atoms with Gasteiger partial charge in [-0.2, -0.15) is 0 Å². The standard InChI is InChI=1S/C12H17ClN2O2/c1-3-16-7-8(2)17-10-6-4-5-9(13)11(10)12(14)15/h4-6,8H,3,7H2,1-2H3,(H3,14,15). The van der Waals surface area contributed by atoms with Gasteiger partial charge in [0.05, 0.1) is 17.2 Å². The molecule has 0 fully saturated rings. The zero-order chi connectivity index (χ0) is 12.8. The van der Waals surface area contributed by atoms with Gasteiger partial charge in [-0.15, -0.1) is 0 Å². The van der Waals surface area contributed by atoms with E-state index in [0.717, 1.165) is 0 Å². The lowest BCUT2D eigenvalue weighted by Crippen LogP contribution is -2.22. The third kappa shape index (κ3) is 3.91. The van der Waals surface area contributed by atoms with Crippen molar-refractivity contribution in [1.29, 1.82) is 5.41 Å². The Morgan fingerprint density at radius 3 is 2.82 bits per heavy atom. The Morgan fingerprint density at radius 1 is 1.53 bits per heavy atom. The maximum Gasteiger partial charge on any atom is 0.132 e. The van der Waals surface area contributed by atoms with E-state index in [4.69, 9.17) is 32.2 Å². The Balaban J connectivity index is 2.83. The van der Waals surface area contributed by atoms with E-state index in [1.165, 1.54) is 0 Å². The fourth-order valence-corrected chi connectivity index (χ4v) is 1.67. The quantitative estimate of drug-likeness (QED) is 0.607. The van der Waals surface area contributed by atoms with Gasteiger partial charge in [0.25, 0.3) is 0 Å². The highest BCUT2D eigenvalue weighted by molar-refractivity contribution is 6.34. The summed E-state index contributed by atoms with van der Waals surface area (Å²) < 4.78 is 10.9. The largest absolute Gasteiger partial charge is 0.487 e. The predicted octanol–water partition coefficient (Wildman–Crippen LogP) is 2.43. The summed E-state index contributed by atoms with van der Waals surface area (Å²) in [5, 5.41) is 7.90. The Kier molecular flexibility index (Phi) is 5.25. The number of nitrogens with two attached hydrogens (primary N) is 1. The molecule has 3 N–H and O–H groups in total. The first-order valence-electron chi connectivity index (χ1n) is 5.43. The molecule has 1 unspecified atom stereocenters. The Labute approximate surface area is 106 Å². The van der Waals surface area contributed by atoms with Gasteiger partial charge in [-0.3, -0.25) is 5.41 Å². The molecule has 1 atom stereocenters. The molecule has 0 heterocycles. The van der Waals surface area contributed by atoms with Gasteiger partial charge in [-0.05, 0) is 26.0 Å². The first kappa shape index (κ1) is 13.8. The molecule has 0 bridgehead atoms. The van der Waals surface area contributed by atoms with Crippen LogP contribution in [0.25, 0.3) is 0 Å². The van der Waals surface area contributed by atoms with Crippen LogP contribution in [0.1, 0.15) is 19.4 Å². The van der Waals surface area contributed by atoms with Gasteiger partial charge in [0.2, 0.25) is 0 Å². The Bertz CT molecular complexity index is 396. The number of hydrogen-bond donors (Lipinski definition) is 2. The zero-order valence-corrected chi connectivity index (χ0v) is 10.8. The normalized spacial score (nSPS) is 12.2. The number of halogens is 1. The van der Waals surface area contributed by atoms with Gasteiger partial charge >= 0.3 is 0 Å². The zero-order valence-electron chi connectivity index (χ0n) is 10.00. The minimum absolute atomic E-state index is 0.103. The third-order valence-corrected chi connectivity index (χ3v) is 2.44. The lowest BCUT2D eigenvalue weighted by molar-refractivity contribution is 0.0656. The van der Waals surface area contributed by atoms with Crippen molar-refractivity contribution in [2.24, 2.45) is 5.73 Å². The van der Waals surface area contributed by atoms with E-state index in [-0.39, 0.29) is 11.9 Å². The van der Waals surface area contributed by atoms with Crippen LogP contribution in [-0.2, 0) is 4.74 Å². The molecule has 0 aliphatic rings. The minimum atomic E-state index is -0.119. The van der Waals surface area contributed by atoms with Crippen LogP contribution in [0.3, 0.4) is 0 Å². The lowest BCUT2D eigenvalue weighted by atomic mass is 10.2. The molecule has 5 heteroatoms. The van der Waals surface area contributed by atoms with Crippen LogP contribution in [0, 0.1) is 5.41 Å². The molecular formula is C12H17ClN2O2. The van der Waals surface area contributed by atoms with E-state index >= 15 is 0 Å². The van der Waals surface area contributed by atoms with E-state index in [9.17, 15) is 0 Å². The summed E-state index contributed by atoms with van der Waals surface area (Å²) in [7, 11) is 0. The summed E-state index contributed by atoms with van der Waals surface area (Å²) >= 11 is 5.98. The van der Waals surface area contributed by atoms with Crippen LogP contribution in [0.4, 0.5) is 0 Å². The van der Waals surface area contributed by atoms with Crippen molar-refractivity contribution in [1.82, 2.24) is 0 Å². The van der Waals surface area contributed by atoms with Gasteiger partial charge < -0.3 is 15.2 Å². The number of hydrogen-bond acceptors (Lipinski definition) is 3. The van der Waals surface area contributed by atoms with Crippen molar-refractivity contribution >= 4 is 17.4 Å². The van der Waals surface area contributed by atoms with Crippen molar-refractivity contribution in [2.75, 3.05) is 13.2 Å². The van der Waals surface area contributed by atoms with Crippen LogP contribution in [0.2, 0.25) is 5.02 Å². The van der Waals surface area contributed by atoms with Crippen LogP contribution in [0.15, 0.2) is 18.2 Å². The molecule has 0 saturated heterocycles. The second-order valence-electron chi connectivity index (χ2n) is 3.61. The smallest absolute Gasteiger partial charge is 0.132 e. The van der Waals surface area contributed by atoms with Crippen molar-refractivity contribution in [2.45, 2.75) is 20.0 Å². The maximum absolute atomic E-state index is 7.48. The number of nitrogens with one attached hydrogen (secondary N) is 1. The summed E-state index contributed by atoms with van der Waals surface area (Å²) in [4.78, 5) is 0. The summed E-state index contributed by atoms with van der Waals surface area (Å²) in [5.41, 5.74) is 5.91. The molecule has 1 rings (SSSR count). The van der Waals surface area contributed by atoms with Gasteiger partial charge in [0, 0.05) is 6.61 Å². The van der Waals surface area contributed by atoms with Crippen molar-refractivity contribution in [3.8, 4) is 5.75 Å². The molecule has 0 aliphatic carbocycles. The van der Waals surface area contributed by atoms with Crippen LogP contribution in [-0.4, -0.2) is 25.2 Å². The van der Waals surface area contributed by atoms with Crippen LogP contribution in [0.5, 0.6) is 5.75 Å². The van der Waals surface area contributed by atoms with Crippen molar-refractivity contribution in [3.63, 3.8) is 0 Å². The van der Waals surface area contributed by atoms with Crippen LogP contribution < -0.4 is 10.5 Å². The predicted molar refractivity (Wildman–Crippen MR) is 69.1 cm³/mol. The molecule has 0 amide bonds. The highest BCUT2D eigenvalue weighted by atomic mass is 35.5. The first-order valence-corrected chi connectivity index (χ1v) is 5.81.